The summed E-state index contributed by atoms with van der Waals surface area (Å²) in [4.78, 5) is 17.2. The van der Waals surface area contributed by atoms with Gasteiger partial charge < -0.3 is 14.9 Å². The van der Waals surface area contributed by atoms with E-state index in [1.165, 1.54) is 7.11 Å². The third-order valence-corrected chi connectivity index (χ3v) is 5.78. The second kappa shape index (κ2) is 8.57. The average molecular weight is 405 g/mol. The molecule has 1 aromatic heterocycles. The summed E-state index contributed by atoms with van der Waals surface area (Å²) in [5.74, 6) is -2.37. The van der Waals surface area contributed by atoms with Crippen LogP contribution < -0.4 is 0 Å². The SMILES string of the molecule is CO[C@]1(O)CC(c2ccc(Cl)cc2)(c2ccccn2)CCN1CCCC(=O)O. The average Bonchev–Trinajstić information content (AvgIpc) is 2.70. The number of rotatable bonds is 7. The topological polar surface area (TPSA) is 82.9 Å². The predicted octanol–water partition coefficient (Wildman–Crippen LogP) is 3.27. The molecule has 0 bridgehead atoms. The first-order chi connectivity index (χ1) is 13.4. The number of likely N-dealkylation sites (tertiary alicyclic amines) is 1. The van der Waals surface area contributed by atoms with Crippen LogP contribution in [0.15, 0.2) is 48.7 Å². The lowest BCUT2D eigenvalue weighted by molar-refractivity contribution is -0.303. The fourth-order valence-corrected chi connectivity index (χ4v) is 4.16. The van der Waals surface area contributed by atoms with E-state index < -0.39 is 17.3 Å². The lowest BCUT2D eigenvalue weighted by Crippen LogP contribution is -2.60. The summed E-state index contributed by atoms with van der Waals surface area (Å²) in [6.07, 6.45) is 3.24. The minimum absolute atomic E-state index is 0.0544. The highest BCUT2D eigenvalue weighted by Crippen LogP contribution is 2.46. The maximum absolute atomic E-state index is 11.3. The number of aliphatic hydroxyl groups is 1. The van der Waals surface area contributed by atoms with Crippen molar-refractivity contribution in [2.75, 3.05) is 20.2 Å². The van der Waals surface area contributed by atoms with E-state index in [1.54, 1.807) is 6.20 Å². The van der Waals surface area contributed by atoms with Gasteiger partial charge in [-0.05, 0) is 42.7 Å². The van der Waals surface area contributed by atoms with Crippen LogP contribution in [0.3, 0.4) is 0 Å². The Hall–Kier alpha value is -1.99. The van der Waals surface area contributed by atoms with E-state index in [4.69, 9.17) is 21.4 Å². The van der Waals surface area contributed by atoms with Gasteiger partial charge in [0.05, 0.1) is 5.69 Å². The number of aliphatic carboxylic acids is 1. The van der Waals surface area contributed by atoms with Crippen LogP contribution in [0.25, 0.3) is 0 Å². The molecule has 2 aromatic rings. The zero-order valence-corrected chi connectivity index (χ0v) is 16.6. The molecule has 6 nitrogen and oxygen atoms in total. The van der Waals surface area contributed by atoms with Crippen molar-refractivity contribution < 1.29 is 19.7 Å². The fraction of sp³-hybridized carbons (Fsp3) is 0.429. The van der Waals surface area contributed by atoms with E-state index in [2.05, 4.69) is 4.98 Å². The van der Waals surface area contributed by atoms with Gasteiger partial charge in [-0.1, -0.05) is 29.8 Å². The Bertz CT molecular complexity index is 802. The normalized spacial score (nSPS) is 25.5. The first-order valence-electron chi connectivity index (χ1n) is 9.31. The number of benzene rings is 1. The van der Waals surface area contributed by atoms with Crippen molar-refractivity contribution in [3.05, 3.63) is 64.9 Å². The number of aromatic nitrogens is 1. The summed E-state index contributed by atoms with van der Waals surface area (Å²) in [5, 5.41) is 20.9. The molecule has 1 unspecified atom stereocenters. The number of halogens is 1. The molecule has 1 fully saturated rings. The van der Waals surface area contributed by atoms with Crippen molar-refractivity contribution in [1.82, 2.24) is 9.88 Å². The molecule has 2 atom stereocenters. The third-order valence-electron chi connectivity index (χ3n) is 5.53. The molecule has 0 saturated carbocycles. The number of pyridine rings is 1. The largest absolute Gasteiger partial charge is 0.481 e. The second-order valence-corrected chi connectivity index (χ2v) is 7.60. The predicted molar refractivity (Wildman–Crippen MR) is 106 cm³/mol. The van der Waals surface area contributed by atoms with Crippen LogP contribution in [0.2, 0.25) is 5.02 Å². The molecular weight excluding hydrogens is 380 g/mol. The molecule has 2 heterocycles. The van der Waals surface area contributed by atoms with Crippen LogP contribution in [0, 0.1) is 0 Å². The lowest BCUT2D eigenvalue weighted by atomic mass is 9.68. The van der Waals surface area contributed by atoms with Gasteiger partial charge in [0.1, 0.15) is 0 Å². The minimum atomic E-state index is -1.52. The molecule has 3 rings (SSSR count). The molecule has 0 spiro atoms. The van der Waals surface area contributed by atoms with E-state index in [-0.39, 0.29) is 12.8 Å². The molecular formula is C21H25ClN2O4. The van der Waals surface area contributed by atoms with Gasteiger partial charge in [-0.3, -0.25) is 14.7 Å². The van der Waals surface area contributed by atoms with Gasteiger partial charge in [0.25, 0.3) is 0 Å². The summed E-state index contributed by atoms with van der Waals surface area (Å²) in [5.41, 5.74) is 1.33. The number of piperidine rings is 1. The third kappa shape index (κ3) is 4.20. The minimum Gasteiger partial charge on any atom is -0.481 e. The fourth-order valence-electron chi connectivity index (χ4n) is 4.03. The zero-order valence-electron chi connectivity index (χ0n) is 15.8. The monoisotopic (exact) mass is 404 g/mol. The van der Waals surface area contributed by atoms with Gasteiger partial charge in [-0.25, -0.2) is 0 Å². The van der Waals surface area contributed by atoms with Crippen molar-refractivity contribution in [3.63, 3.8) is 0 Å². The Kier molecular flexibility index (Phi) is 6.35. The van der Waals surface area contributed by atoms with E-state index in [1.807, 2.05) is 47.4 Å². The van der Waals surface area contributed by atoms with Crippen LogP contribution in [0.4, 0.5) is 0 Å². The van der Waals surface area contributed by atoms with E-state index in [0.717, 1.165) is 11.3 Å². The van der Waals surface area contributed by atoms with Crippen molar-refractivity contribution in [2.45, 2.75) is 37.0 Å². The molecule has 1 aliphatic rings. The molecule has 0 aliphatic carbocycles. The summed E-state index contributed by atoms with van der Waals surface area (Å²) in [6.45, 7) is 0.985. The van der Waals surface area contributed by atoms with Crippen LogP contribution in [0.1, 0.15) is 36.9 Å². The summed E-state index contributed by atoms with van der Waals surface area (Å²) < 4.78 is 5.55. The van der Waals surface area contributed by atoms with Crippen molar-refractivity contribution in [3.8, 4) is 0 Å². The smallest absolute Gasteiger partial charge is 0.303 e. The molecule has 1 aliphatic heterocycles. The highest BCUT2D eigenvalue weighted by Gasteiger charge is 2.51. The first kappa shape index (κ1) is 20.7. The van der Waals surface area contributed by atoms with E-state index >= 15 is 0 Å². The van der Waals surface area contributed by atoms with Crippen molar-refractivity contribution in [1.29, 1.82) is 0 Å². The quantitative estimate of drug-likeness (QED) is 0.689. The summed E-state index contributed by atoms with van der Waals surface area (Å²) in [7, 11) is 1.47. The van der Waals surface area contributed by atoms with E-state index in [9.17, 15) is 9.90 Å². The van der Waals surface area contributed by atoms with Crippen LogP contribution in [-0.2, 0) is 14.9 Å². The second-order valence-electron chi connectivity index (χ2n) is 7.16. The van der Waals surface area contributed by atoms with E-state index in [0.29, 0.717) is 31.0 Å². The van der Waals surface area contributed by atoms with Crippen LogP contribution in [-0.4, -0.2) is 52.2 Å². The van der Waals surface area contributed by atoms with Crippen LogP contribution in [0.5, 0.6) is 0 Å². The lowest BCUT2D eigenvalue weighted by Gasteiger charge is -2.50. The van der Waals surface area contributed by atoms with Crippen molar-refractivity contribution in [2.24, 2.45) is 0 Å². The number of ether oxygens (including phenoxy) is 1. The maximum Gasteiger partial charge on any atom is 0.303 e. The molecule has 7 heteroatoms. The highest BCUT2D eigenvalue weighted by molar-refractivity contribution is 6.30. The number of hydrogen-bond acceptors (Lipinski definition) is 5. The maximum atomic E-state index is 11.3. The van der Waals surface area contributed by atoms with Gasteiger partial charge in [0, 0.05) is 49.7 Å². The summed E-state index contributed by atoms with van der Waals surface area (Å²) in [6, 6.07) is 13.4. The highest BCUT2D eigenvalue weighted by atomic mass is 35.5. The number of nitrogens with zero attached hydrogens (tertiary/aromatic N) is 2. The molecule has 28 heavy (non-hydrogen) atoms. The van der Waals surface area contributed by atoms with Crippen LogP contribution >= 0.6 is 11.6 Å². The standard InChI is InChI=1S/C21H25ClN2O4/c1-28-21(27)15-20(18-5-2-3-12-23-18,16-7-9-17(22)10-8-16)11-14-24(21)13-4-6-19(25)26/h2-3,5,7-10,12,27H,4,6,11,13-15H2,1H3,(H,25,26)/t20?,21-/m1/s1. The number of carboxylic acid groups (broad SMARTS) is 1. The van der Waals surface area contributed by atoms with Gasteiger partial charge in [0.15, 0.2) is 0 Å². The first-order valence-corrected chi connectivity index (χ1v) is 9.69. The molecule has 1 saturated heterocycles. The molecule has 150 valence electrons. The molecule has 1 aromatic carbocycles. The van der Waals surface area contributed by atoms with Gasteiger partial charge in [-0.15, -0.1) is 0 Å². The number of carboxylic acids is 1. The Morgan fingerprint density at radius 3 is 2.64 bits per heavy atom. The number of hydrogen-bond donors (Lipinski definition) is 2. The van der Waals surface area contributed by atoms with Gasteiger partial charge >= 0.3 is 5.97 Å². The zero-order chi connectivity index (χ0) is 20.2. The summed E-state index contributed by atoms with van der Waals surface area (Å²) >= 11 is 6.09. The van der Waals surface area contributed by atoms with Crippen molar-refractivity contribution >= 4 is 17.6 Å². The van der Waals surface area contributed by atoms with Gasteiger partial charge in [-0.2, -0.15) is 0 Å². The Morgan fingerprint density at radius 2 is 2.04 bits per heavy atom. The number of methoxy groups -OCH3 is 1. The van der Waals surface area contributed by atoms with Gasteiger partial charge in [0.2, 0.25) is 5.91 Å². The molecule has 0 amide bonds. The Morgan fingerprint density at radius 1 is 1.29 bits per heavy atom. The Balaban J connectivity index is 1.96. The molecule has 2 N–H and O–H groups in total. The molecule has 0 radical (unpaired) electrons. The number of carbonyl (C=O) groups is 1. The Labute approximate surface area is 169 Å².